The van der Waals surface area contributed by atoms with Crippen LogP contribution in [0.3, 0.4) is 0 Å². The van der Waals surface area contributed by atoms with Crippen LogP contribution in [0.2, 0.25) is 0 Å². The fourth-order valence-corrected chi connectivity index (χ4v) is 2.99. The molecule has 1 fully saturated rings. The maximum Gasteiger partial charge on any atom is 0.0888 e. The van der Waals surface area contributed by atoms with E-state index in [0.717, 1.165) is 37.9 Å². The van der Waals surface area contributed by atoms with E-state index in [1.165, 1.54) is 5.75 Å². The molecule has 1 rings (SSSR count). The molecule has 0 amide bonds. The van der Waals surface area contributed by atoms with Gasteiger partial charge in [-0.3, -0.25) is 0 Å². The molecule has 0 radical (unpaired) electrons. The molecule has 0 aromatic rings. The molecule has 0 spiro atoms. The summed E-state index contributed by atoms with van der Waals surface area (Å²) in [4.78, 5) is 0. The van der Waals surface area contributed by atoms with Crippen molar-refractivity contribution in [1.29, 1.82) is 0 Å². The topological polar surface area (TPSA) is 46.2 Å². The summed E-state index contributed by atoms with van der Waals surface area (Å²) in [5.41, 5.74) is 5.43. The summed E-state index contributed by atoms with van der Waals surface area (Å²) in [5.74, 6) is 2.01. The summed E-state index contributed by atoms with van der Waals surface area (Å²) in [6, 6.07) is -0.0137. The van der Waals surface area contributed by atoms with Gasteiger partial charge in [0.25, 0.3) is 0 Å². The zero-order valence-corrected chi connectivity index (χ0v) is 9.28. The number of nitrogens with two attached hydrogens (primary N) is 1. The van der Waals surface area contributed by atoms with Crippen molar-refractivity contribution in [1.82, 2.24) is 0 Å². The molecule has 1 aliphatic heterocycles. The summed E-state index contributed by atoms with van der Waals surface area (Å²) in [7, 11) is 0. The number of unbranched alkanes of at least 4 members (excludes halogenated alkanes) is 1. The van der Waals surface area contributed by atoms with Crippen LogP contribution in [0.4, 0.5) is 0 Å². The van der Waals surface area contributed by atoms with Crippen LogP contribution in [-0.2, 0) is 0 Å². The van der Waals surface area contributed by atoms with E-state index >= 15 is 0 Å². The van der Waals surface area contributed by atoms with Gasteiger partial charge < -0.3 is 10.8 Å². The fraction of sp³-hybridized carbons (Fsp3) is 1.00. The van der Waals surface area contributed by atoms with Gasteiger partial charge in [0.05, 0.1) is 5.60 Å². The Labute approximate surface area is 85.3 Å². The van der Waals surface area contributed by atoms with Crippen LogP contribution in [-0.4, -0.2) is 28.3 Å². The summed E-state index contributed by atoms with van der Waals surface area (Å²) in [6.45, 7) is 2.16. The Bertz CT molecular complexity index is 146. The molecule has 1 saturated heterocycles. The number of hydrogen-bond acceptors (Lipinski definition) is 3. The maximum atomic E-state index is 10.2. The first-order valence-electron chi connectivity index (χ1n) is 5.25. The molecule has 3 N–H and O–H groups in total. The monoisotopic (exact) mass is 203 g/mol. The first-order valence-corrected chi connectivity index (χ1v) is 6.40. The third-order valence-corrected chi connectivity index (χ3v) is 4.09. The van der Waals surface area contributed by atoms with Gasteiger partial charge in [-0.15, -0.1) is 0 Å². The van der Waals surface area contributed by atoms with Crippen LogP contribution < -0.4 is 5.73 Å². The molecule has 3 heteroatoms. The van der Waals surface area contributed by atoms with E-state index in [0.29, 0.717) is 0 Å². The largest absolute Gasteiger partial charge is 0.387 e. The summed E-state index contributed by atoms with van der Waals surface area (Å²) in [5, 5.41) is 10.2. The standard InChI is InChI=1S/C10H21NOS/c1-2-3-5-9(11)10(12)6-4-7-13-8-10/h9,12H,2-8,11H2,1H3. The van der Waals surface area contributed by atoms with Gasteiger partial charge in [0, 0.05) is 11.8 Å². The van der Waals surface area contributed by atoms with Crippen LogP contribution >= 0.6 is 11.8 Å². The second kappa shape index (κ2) is 5.23. The molecule has 0 aromatic carbocycles. The lowest BCUT2D eigenvalue weighted by atomic mass is 9.88. The fourth-order valence-electron chi connectivity index (χ4n) is 1.79. The van der Waals surface area contributed by atoms with Gasteiger partial charge in [-0.1, -0.05) is 19.8 Å². The highest BCUT2D eigenvalue weighted by molar-refractivity contribution is 7.99. The molecule has 2 nitrogen and oxygen atoms in total. The lowest BCUT2D eigenvalue weighted by Crippen LogP contribution is -2.51. The molecule has 1 heterocycles. The maximum absolute atomic E-state index is 10.2. The lowest BCUT2D eigenvalue weighted by molar-refractivity contribution is 0.0227. The Kier molecular flexibility index (Phi) is 4.56. The predicted octanol–water partition coefficient (Wildman–Crippen LogP) is 1.76. The van der Waals surface area contributed by atoms with Crippen molar-refractivity contribution in [3.05, 3.63) is 0 Å². The Morgan fingerprint density at radius 1 is 1.62 bits per heavy atom. The van der Waals surface area contributed by atoms with Crippen molar-refractivity contribution in [2.24, 2.45) is 5.73 Å². The molecule has 0 bridgehead atoms. The van der Waals surface area contributed by atoms with Crippen LogP contribution in [0.5, 0.6) is 0 Å². The molecular weight excluding hydrogens is 182 g/mol. The van der Waals surface area contributed by atoms with Gasteiger partial charge >= 0.3 is 0 Å². The molecule has 0 saturated carbocycles. The van der Waals surface area contributed by atoms with Crippen molar-refractivity contribution in [3.8, 4) is 0 Å². The Morgan fingerprint density at radius 3 is 2.92 bits per heavy atom. The van der Waals surface area contributed by atoms with Crippen molar-refractivity contribution in [2.75, 3.05) is 11.5 Å². The zero-order valence-electron chi connectivity index (χ0n) is 8.46. The molecule has 2 unspecified atom stereocenters. The highest BCUT2D eigenvalue weighted by atomic mass is 32.2. The highest BCUT2D eigenvalue weighted by Crippen LogP contribution is 2.30. The van der Waals surface area contributed by atoms with E-state index in [-0.39, 0.29) is 6.04 Å². The van der Waals surface area contributed by atoms with E-state index < -0.39 is 5.60 Å². The summed E-state index contributed by atoms with van der Waals surface area (Å²) < 4.78 is 0. The van der Waals surface area contributed by atoms with Gasteiger partial charge in [0.2, 0.25) is 0 Å². The number of thioether (sulfide) groups is 1. The molecular formula is C10H21NOS. The summed E-state index contributed by atoms with van der Waals surface area (Å²) >= 11 is 1.83. The average molecular weight is 203 g/mol. The number of hydrogen-bond donors (Lipinski definition) is 2. The van der Waals surface area contributed by atoms with Crippen LogP contribution in [0.1, 0.15) is 39.0 Å². The number of rotatable bonds is 4. The Hall–Kier alpha value is 0.270. The Balaban J connectivity index is 2.37. The molecule has 78 valence electrons. The van der Waals surface area contributed by atoms with Crippen molar-refractivity contribution in [2.45, 2.75) is 50.7 Å². The van der Waals surface area contributed by atoms with Crippen LogP contribution in [0, 0.1) is 0 Å². The third-order valence-electron chi connectivity index (χ3n) is 2.81. The predicted molar refractivity (Wildman–Crippen MR) is 59.0 cm³/mol. The van der Waals surface area contributed by atoms with E-state index in [9.17, 15) is 5.11 Å². The minimum Gasteiger partial charge on any atom is -0.387 e. The molecule has 2 atom stereocenters. The normalized spacial score (nSPS) is 31.6. The Morgan fingerprint density at radius 2 is 2.38 bits per heavy atom. The first kappa shape index (κ1) is 11.3. The number of aliphatic hydroxyl groups is 1. The van der Waals surface area contributed by atoms with Crippen molar-refractivity contribution < 1.29 is 5.11 Å². The minimum absolute atomic E-state index is 0.0137. The average Bonchev–Trinajstić information content (AvgIpc) is 2.15. The van der Waals surface area contributed by atoms with E-state index in [1.54, 1.807) is 0 Å². The van der Waals surface area contributed by atoms with E-state index in [1.807, 2.05) is 11.8 Å². The lowest BCUT2D eigenvalue weighted by Gasteiger charge is -2.36. The quantitative estimate of drug-likeness (QED) is 0.732. The molecule has 0 aromatic heterocycles. The third kappa shape index (κ3) is 3.15. The van der Waals surface area contributed by atoms with E-state index in [4.69, 9.17) is 5.73 Å². The van der Waals surface area contributed by atoms with Crippen molar-refractivity contribution >= 4 is 11.8 Å². The second-order valence-corrected chi connectivity index (χ2v) is 5.11. The first-order chi connectivity index (χ1) is 6.19. The van der Waals surface area contributed by atoms with Gasteiger partial charge in [-0.05, 0) is 25.0 Å². The summed E-state index contributed by atoms with van der Waals surface area (Å²) in [6.07, 6.45) is 5.27. The smallest absolute Gasteiger partial charge is 0.0888 e. The van der Waals surface area contributed by atoms with Crippen molar-refractivity contribution in [3.63, 3.8) is 0 Å². The van der Waals surface area contributed by atoms with E-state index in [2.05, 4.69) is 6.92 Å². The van der Waals surface area contributed by atoms with Gasteiger partial charge in [-0.2, -0.15) is 11.8 Å². The highest BCUT2D eigenvalue weighted by Gasteiger charge is 2.35. The zero-order chi connectivity index (χ0) is 9.73. The van der Waals surface area contributed by atoms with Crippen LogP contribution in [0.15, 0.2) is 0 Å². The van der Waals surface area contributed by atoms with Gasteiger partial charge in [-0.25, -0.2) is 0 Å². The van der Waals surface area contributed by atoms with Gasteiger partial charge in [0.15, 0.2) is 0 Å². The van der Waals surface area contributed by atoms with Gasteiger partial charge in [0.1, 0.15) is 0 Å². The van der Waals surface area contributed by atoms with Crippen LogP contribution in [0.25, 0.3) is 0 Å². The molecule has 1 aliphatic rings. The minimum atomic E-state index is -0.571. The second-order valence-electron chi connectivity index (χ2n) is 4.01. The molecule has 13 heavy (non-hydrogen) atoms. The SMILES string of the molecule is CCCCC(N)C1(O)CCCSC1. The molecule has 0 aliphatic carbocycles.